The number of amides is 2. The van der Waals surface area contributed by atoms with E-state index in [4.69, 9.17) is 9.47 Å². The van der Waals surface area contributed by atoms with E-state index in [0.717, 1.165) is 16.7 Å². The van der Waals surface area contributed by atoms with Gasteiger partial charge in [-0.1, -0.05) is 25.1 Å². The molecule has 1 atom stereocenters. The summed E-state index contributed by atoms with van der Waals surface area (Å²) in [7, 11) is 1.53. The molecule has 1 fully saturated rings. The molecule has 1 aliphatic heterocycles. The van der Waals surface area contributed by atoms with Crippen molar-refractivity contribution in [2.45, 2.75) is 26.4 Å². The number of esters is 1. The van der Waals surface area contributed by atoms with E-state index in [-0.39, 0.29) is 17.6 Å². The van der Waals surface area contributed by atoms with Gasteiger partial charge in [0.25, 0.3) is 11.1 Å². The Kier molecular flexibility index (Phi) is 6.03. The smallest absolute Gasteiger partial charge is 0.326 e. The molecule has 6 nitrogen and oxygen atoms in total. The summed E-state index contributed by atoms with van der Waals surface area (Å²) in [5, 5.41) is -0.484. The first-order valence-electron chi connectivity index (χ1n) is 7.54. The lowest BCUT2D eigenvalue weighted by molar-refractivity contribution is -0.150. The van der Waals surface area contributed by atoms with Crippen molar-refractivity contribution in [3.8, 4) is 5.75 Å². The predicted octanol–water partition coefficient (Wildman–Crippen LogP) is 3.07. The van der Waals surface area contributed by atoms with Gasteiger partial charge in [-0.05, 0) is 37.2 Å². The molecular formula is C17H19NO5S. The number of carbonyl (C=O) groups is 3. The molecule has 1 aromatic carbocycles. The lowest BCUT2D eigenvalue weighted by Crippen LogP contribution is -2.35. The molecule has 0 aliphatic carbocycles. The number of imide groups is 1. The number of nitrogens with zero attached hydrogens (tertiary/aromatic N) is 1. The maximum atomic E-state index is 12.4. The quantitative estimate of drug-likeness (QED) is 0.580. The van der Waals surface area contributed by atoms with Crippen LogP contribution in [-0.2, 0) is 14.3 Å². The van der Waals surface area contributed by atoms with Gasteiger partial charge >= 0.3 is 5.97 Å². The average molecular weight is 349 g/mol. The molecular weight excluding hydrogens is 330 g/mol. The van der Waals surface area contributed by atoms with Gasteiger partial charge in [0.2, 0.25) is 0 Å². The normalized spacial score (nSPS) is 17.3. The zero-order chi connectivity index (χ0) is 17.7. The highest BCUT2D eigenvalue weighted by Gasteiger charge is 2.37. The van der Waals surface area contributed by atoms with E-state index in [1.807, 2.05) is 19.1 Å². The minimum Gasteiger partial charge on any atom is -0.496 e. The molecule has 1 aliphatic rings. The van der Waals surface area contributed by atoms with E-state index >= 15 is 0 Å². The number of thioether (sulfide) groups is 1. The predicted molar refractivity (Wildman–Crippen MR) is 91.5 cm³/mol. The number of methoxy groups -OCH3 is 1. The minimum absolute atomic E-state index is 0.249. The van der Waals surface area contributed by atoms with Crippen LogP contribution < -0.4 is 4.74 Å². The second kappa shape index (κ2) is 8.01. The maximum absolute atomic E-state index is 12.4. The average Bonchev–Trinajstić information content (AvgIpc) is 2.82. The van der Waals surface area contributed by atoms with Crippen molar-refractivity contribution in [3.63, 3.8) is 0 Å². The fraction of sp³-hybridized carbons (Fsp3) is 0.353. The summed E-state index contributed by atoms with van der Waals surface area (Å²) < 4.78 is 10.3. The van der Waals surface area contributed by atoms with Crippen molar-refractivity contribution in [2.75, 3.05) is 13.7 Å². The fourth-order valence-corrected chi connectivity index (χ4v) is 2.87. The zero-order valence-corrected chi connectivity index (χ0v) is 14.6. The topological polar surface area (TPSA) is 72.9 Å². The molecule has 0 aromatic heterocycles. The van der Waals surface area contributed by atoms with Gasteiger partial charge in [-0.15, -0.1) is 0 Å². The molecule has 1 aromatic rings. The second-order valence-corrected chi connectivity index (χ2v) is 6.21. The Morgan fingerprint density at radius 2 is 2.04 bits per heavy atom. The Labute approximate surface area is 144 Å². The third kappa shape index (κ3) is 4.17. The summed E-state index contributed by atoms with van der Waals surface area (Å²) in [5.41, 5.74) is 0.688. The van der Waals surface area contributed by atoms with Crippen LogP contribution in [0.3, 0.4) is 0 Å². The van der Waals surface area contributed by atoms with Crippen molar-refractivity contribution >= 4 is 35.0 Å². The SMILES string of the molecule is CC[C@H](C)OC(=O)CN1C(=O)S/C(=C\c2ccccc2OC)C1=O. The third-order valence-electron chi connectivity index (χ3n) is 3.49. The van der Waals surface area contributed by atoms with E-state index in [0.29, 0.717) is 17.7 Å². The van der Waals surface area contributed by atoms with Gasteiger partial charge in [-0.25, -0.2) is 0 Å². The summed E-state index contributed by atoms with van der Waals surface area (Å²) >= 11 is 0.798. The molecule has 2 amide bonds. The molecule has 0 unspecified atom stereocenters. The van der Waals surface area contributed by atoms with Crippen molar-refractivity contribution in [3.05, 3.63) is 34.7 Å². The Bertz CT molecular complexity index is 685. The number of carbonyl (C=O) groups excluding carboxylic acids is 3. The van der Waals surface area contributed by atoms with Crippen LogP contribution >= 0.6 is 11.8 Å². The van der Waals surface area contributed by atoms with Gasteiger partial charge in [0, 0.05) is 5.56 Å². The summed E-state index contributed by atoms with van der Waals surface area (Å²) in [5.74, 6) is -0.498. The van der Waals surface area contributed by atoms with E-state index in [1.165, 1.54) is 7.11 Å². The molecule has 1 heterocycles. The Balaban J connectivity index is 2.14. The first-order chi connectivity index (χ1) is 11.5. The first kappa shape index (κ1) is 18.1. The molecule has 2 rings (SSSR count). The molecule has 0 N–H and O–H groups in total. The lowest BCUT2D eigenvalue weighted by Gasteiger charge is -2.14. The van der Waals surface area contributed by atoms with Crippen LogP contribution in [0.2, 0.25) is 0 Å². The van der Waals surface area contributed by atoms with Crippen LogP contribution in [0.5, 0.6) is 5.75 Å². The molecule has 0 radical (unpaired) electrons. The van der Waals surface area contributed by atoms with E-state index in [2.05, 4.69) is 0 Å². The van der Waals surface area contributed by atoms with Gasteiger partial charge in [0.05, 0.1) is 18.1 Å². The molecule has 128 valence electrons. The van der Waals surface area contributed by atoms with Gasteiger partial charge in [-0.3, -0.25) is 19.3 Å². The Hall–Kier alpha value is -2.28. The molecule has 0 bridgehead atoms. The van der Waals surface area contributed by atoms with Gasteiger partial charge < -0.3 is 9.47 Å². The van der Waals surface area contributed by atoms with Gasteiger partial charge in [-0.2, -0.15) is 0 Å². The van der Waals surface area contributed by atoms with Crippen LogP contribution in [0.1, 0.15) is 25.8 Å². The van der Waals surface area contributed by atoms with Crippen molar-refractivity contribution < 1.29 is 23.9 Å². The van der Waals surface area contributed by atoms with Crippen LogP contribution in [0, 0.1) is 0 Å². The van der Waals surface area contributed by atoms with Crippen LogP contribution in [0.15, 0.2) is 29.2 Å². The highest BCUT2D eigenvalue weighted by atomic mass is 32.2. The summed E-state index contributed by atoms with van der Waals surface area (Å²) in [4.78, 5) is 37.4. The van der Waals surface area contributed by atoms with E-state index in [1.54, 1.807) is 25.1 Å². The molecule has 7 heteroatoms. The standard InChI is InChI=1S/C17H19NO5S/c1-4-11(2)23-15(19)10-18-16(20)14(24-17(18)21)9-12-7-5-6-8-13(12)22-3/h5-9,11H,4,10H2,1-3H3/b14-9-/t11-/m0/s1. The van der Waals surface area contributed by atoms with E-state index < -0.39 is 17.1 Å². The van der Waals surface area contributed by atoms with Crippen molar-refractivity contribution in [1.82, 2.24) is 4.90 Å². The first-order valence-corrected chi connectivity index (χ1v) is 8.35. The summed E-state index contributed by atoms with van der Waals surface area (Å²) in [6.45, 7) is 3.26. The second-order valence-electron chi connectivity index (χ2n) is 5.22. The van der Waals surface area contributed by atoms with Gasteiger partial charge in [0.15, 0.2) is 0 Å². The number of hydrogen-bond donors (Lipinski definition) is 0. The highest BCUT2D eigenvalue weighted by molar-refractivity contribution is 8.18. The Morgan fingerprint density at radius 3 is 2.71 bits per heavy atom. The number of ether oxygens (including phenoxy) is 2. The zero-order valence-electron chi connectivity index (χ0n) is 13.8. The molecule has 1 saturated heterocycles. The van der Waals surface area contributed by atoms with Gasteiger partial charge in [0.1, 0.15) is 12.3 Å². The fourth-order valence-electron chi connectivity index (χ4n) is 2.04. The summed E-state index contributed by atoms with van der Waals surface area (Å²) in [6.07, 6.45) is 2.01. The number of rotatable bonds is 6. The van der Waals surface area contributed by atoms with Crippen molar-refractivity contribution in [2.24, 2.45) is 0 Å². The number of benzene rings is 1. The highest BCUT2D eigenvalue weighted by Crippen LogP contribution is 2.33. The minimum atomic E-state index is -0.592. The van der Waals surface area contributed by atoms with Crippen molar-refractivity contribution in [1.29, 1.82) is 0 Å². The molecule has 0 spiro atoms. The van der Waals surface area contributed by atoms with Crippen LogP contribution in [0.25, 0.3) is 6.08 Å². The number of hydrogen-bond acceptors (Lipinski definition) is 6. The summed E-state index contributed by atoms with van der Waals surface area (Å²) in [6, 6.07) is 7.17. The maximum Gasteiger partial charge on any atom is 0.326 e. The third-order valence-corrected chi connectivity index (χ3v) is 4.40. The van der Waals surface area contributed by atoms with Crippen LogP contribution in [-0.4, -0.2) is 41.8 Å². The lowest BCUT2D eigenvalue weighted by atomic mass is 10.2. The van der Waals surface area contributed by atoms with E-state index in [9.17, 15) is 14.4 Å². The largest absolute Gasteiger partial charge is 0.496 e. The Morgan fingerprint density at radius 1 is 1.33 bits per heavy atom. The number of para-hydroxylation sites is 1. The monoisotopic (exact) mass is 349 g/mol. The molecule has 0 saturated carbocycles. The van der Waals surface area contributed by atoms with Crippen LogP contribution in [0.4, 0.5) is 4.79 Å². The molecule has 24 heavy (non-hydrogen) atoms.